The number of carbonyl (C=O) groups excluding carboxylic acids is 2. The minimum atomic E-state index is -0.00640. The largest absolute Gasteiger partial charge is 0.486 e. The molecule has 5 heteroatoms. The predicted octanol–water partition coefficient (Wildman–Crippen LogP) is 3.46. The van der Waals surface area contributed by atoms with Gasteiger partial charge in [0.2, 0.25) is 5.91 Å². The Morgan fingerprint density at radius 2 is 1.65 bits per heavy atom. The van der Waals surface area contributed by atoms with Crippen LogP contribution >= 0.6 is 0 Å². The quantitative estimate of drug-likeness (QED) is 0.775. The van der Waals surface area contributed by atoms with Gasteiger partial charge in [-0.3, -0.25) is 9.59 Å². The first-order valence-corrected chi connectivity index (χ1v) is 9.92. The SMILES string of the molecule is O=C(c1ccc2c(c1)OCCO2)C1CCN(C(=O)CC2CCCC2)CC1. The highest BCUT2D eigenvalue weighted by Gasteiger charge is 2.30. The summed E-state index contributed by atoms with van der Waals surface area (Å²) in [4.78, 5) is 27.3. The Bertz CT molecular complexity index is 673. The van der Waals surface area contributed by atoms with Gasteiger partial charge in [-0.2, -0.15) is 0 Å². The van der Waals surface area contributed by atoms with E-state index in [2.05, 4.69) is 0 Å². The van der Waals surface area contributed by atoms with E-state index in [4.69, 9.17) is 9.47 Å². The maximum Gasteiger partial charge on any atom is 0.222 e. The molecule has 1 amide bonds. The predicted molar refractivity (Wildman–Crippen MR) is 97.6 cm³/mol. The summed E-state index contributed by atoms with van der Waals surface area (Å²) in [6.07, 6.45) is 7.14. The summed E-state index contributed by atoms with van der Waals surface area (Å²) in [5.74, 6) is 2.38. The minimum absolute atomic E-state index is 0.00640. The van der Waals surface area contributed by atoms with E-state index in [1.54, 1.807) is 6.07 Å². The van der Waals surface area contributed by atoms with Crippen LogP contribution in [0.1, 0.15) is 55.3 Å². The van der Waals surface area contributed by atoms with Gasteiger partial charge in [-0.1, -0.05) is 12.8 Å². The standard InChI is InChI=1S/C21H27NO4/c23-20(13-15-3-1-2-4-15)22-9-7-16(8-10-22)21(24)17-5-6-18-19(14-17)26-12-11-25-18/h5-6,14-16H,1-4,7-13H2. The van der Waals surface area contributed by atoms with E-state index in [0.717, 1.165) is 12.8 Å². The van der Waals surface area contributed by atoms with Crippen LogP contribution < -0.4 is 9.47 Å². The zero-order valence-corrected chi connectivity index (χ0v) is 15.2. The van der Waals surface area contributed by atoms with E-state index in [9.17, 15) is 9.59 Å². The maximum absolute atomic E-state index is 12.8. The van der Waals surface area contributed by atoms with Gasteiger partial charge in [0.05, 0.1) is 0 Å². The maximum atomic E-state index is 12.8. The van der Waals surface area contributed by atoms with Crippen molar-refractivity contribution < 1.29 is 19.1 Å². The van der Waals surface area contributed by atoms with Crippen LogP contribution in [0.25, 0.3) is 0 Å². The Hall–Kier alpha value is -2.04. The molecule has 140 valence electrons. The number of rotatable bonds is 4. The molecule has 5 nitrogen and oxygen atoms in total. The van der Waals surface area contributed by atoms with E-state index >= 15 is 0 Å². The lowest BCUT2D eigenvalue weighted by Gasteiger charge is -2.32. The van der Waals surface area contributed by atoms with Crippen LogP contribution in [0.5, 0.6) is 11.5 Å². The number of carbonyl (C=O) groups is 2. The highest BCUT2D eigenvalue weighted by atomic mass is 16.6. The number of benzene rings is 1. The molecule has 0 N–H and O–H groups in total. The highest BCUT2D eigenvalue weighted by Crippen LogP contribution is 2.33. The molecule has 2 heterocycles. The second kappa shape index (κ2) is 7.68. The second-order valence-electron chi connectivity index (χ2n) is 7.73. The number of piperidine rings is 1. The van der Waals surface area contributed by atoms with Crippen molar-refractivity contribution in [3.8, 4) is 11.5 Å². The number of ether oxygens (including phenoxy) is 2. The normalized spacial score (nSPS) is 21.0. The third kappa shape index (κ3) is 3.71. The smallest absolute Gasteiger partial charge is 0.222 e. The first-order valence-electron chi connectivity index (χ1n) is 9.92. The molecule has 3 aliphatic rings. The molecule has 0 unspecified atom stereocenters. The number of ketones is 1. The molecule has 0 spiro atoms. The second-order valence-corrected chi connectivity index (χ2v) is 7.73. The van der Waals surface area contributed by atoms with Crippen molar-refractivity contribution in [2.75, 3.05) is 26.3 Å². The fraction of sp³-hybridized carbons (Fsp3) is 0.619. The van der Waals surface area contributed by atoms with Crippen molar-refractivity contribution in [2.45, 2.75) is 44.9 Å². The van der Waals surface area contributed by atoms with Crippen molar-refractivity contribution in [3.63, 3.8) is 0 Å². The third-order valence-electron chi connectivity index (χ3n) is 5.98. The minimum Gasteiger partial charge on any atom is -0.486 e. The molecule has 0 radical (unpaired) electrons. The number of hydrogen-bond acceptors (Lipinski definition) is 4. The van der Waals surface area contributed by atoms with Gasteiger partial charge in [0.1, 0.15) is 13.2 Å². The summed E-state index contributed by atoms with van der Waals surface area (Å²) in [5, 5.41) is 0. The Kier molecular flexibility index (Phi) is 5.14. The fourth-order valence-corrected chi connectivity index (χ4v) is 4.41. The van der Waals surface area contributed by atoms with Gasteiger partial charge >= 0.3 is 0 Å². The molecule has 0 aromatic heterocycles. The molecule has 0 bridgehead atoms. The van der Waals surface area contributed by atoms with E-state index < -0.39 is 0 Å². The molecule has 0 atom stereocenters. The van der Waals surface area contributed by atoms with Gasteiger partial charge in [0.25, 0.3) is 0 Å². The van der Waals surface area contributed by atoms with Crippen LogP contribution in [0.4, 0.5) is 0 Å². The summed E-state index contributed by atoms with van der Waals surface area (Å²) in [6, 6.07) is 5.45. The van der Waals surface area contributed by atoms with Crippen LogP contribution in [-0.2, 0) is 4.79 Å². The Labute approximate surface area is 154 Å². The van der Waals surface area contributed by atoms with E-state index in [0.29, 0.717) is 55.7 Å². The monoisotopic (exact) mass is 357 g/mol. The van der Waals surface area contributed by atoms with Gasteiger partial charge in [0.15, 0.2) is 17.3 Å². The molecular weight excluding hydrogens is 330 g/mol. The lowest BCUT2D eigenvalue weighted by Crippen LogP contribution is -2.40. The van der Waals surface area contributed by atoms with E-state index in [1.165, 1.54) is 25.7 Å². The van der Waals surface area contributed by atoms with Crippen LogP contribution in [-0.4, -0.2) is 42.9 Å². The van der Waals surface area contributed by atoms with Crippen molar-refractivity contribution in [3.05, 3.63) is 23.8 Å². The van der Waals surface area contributed by atoms with Crippen LogP contribution in [0.15, 0.2) is 18.2 Å². The first kappa shape index (κ1) is 17.4. The van der Waals surface area contributed by atoms with Crippen molar-refractivity contribution in [1.82, 2.24) is 4.90 Å². The Morgan fingerprint density at radius 1 is 0.962 bits per heavy atom. The summed E-state index contributed by atoms with van der Waals surface area (Å²) < 4.78 is 11.1. The van der Waals surface area contributed by atoms with Gasteiger partial charge in [-0.05, 0) is 49.8 Å². The first-order chi connectivity index (χ1) is 12.7. The van der Waals surface area contributed by atoms with Crippen molar-refractivity contribution >= 4 is 11.7 Å². The topological polar surface area (TPSA) is 55.8 Å². The van der Waals surface area contributed by atoms with Crippen LogP contribution in [0, 0.1) is 11.8 Å². The van der Waals surface area contributed by atoms with Gasteiger partial charge in [-0.15, -0.1) is 0 Å². The fourth-order valence-electron chi connectivity index (χ4n) is 4.41. The summed E-state index contributed by atoms with van der Waals surface area (Å²) in [7, 11) is 0. The summed E-state index contributed by atoms with van der Waals surface area (Å²) in [6.45, 7) is 2.47. The molecule has 2 fully saturated rings. The summed E-state index contributed by atoms with van der Waals surface area (Å²) in [5.41, 5.74) is 0.685. The van der Waals surface area contributed by atoms with Crippen LogP contribution in [0.2, 0.25) is 0 Å². The Balaban J connectivity index is 1.32. The molecule has 1 aromatic rings. The average Bonchev–Trinajstić information content (AvgIpc) is 3.20. The highest BCUT2D eigenvalue weighted by molar-refractivity contribution is 5.98. The molecule has 26 heavy (non-hydrogen) atoms. The van der Waals surface area contributed by atoms with Gasteiger partial charge < -0.3 is 14.4 Å². The molecule has 4 rings (SSSR count). The van der Waals surface area contributed by atoms with Gasteiger partial charge in [0, 0.05) is 31.0 Å². The molecule has 1 saturated heterocycles. The number of likely N-dealkylation sites (tertiary alicyclic amines) is 1. The number of amides is 1. The number of Topliss-reactive ketones (excluding diaryl/α,β-unsaturated/α-hetero) is 1. The third-order valence-corrected chi connectivity index (χ3v) is 5.98. The molecular formula is C21H27NO4. The summed E-state index contributed by atoms with van der Waals surface area (Å²) >= 11 is 0. The zero-order chi connectivity index (χ0) is 17.9. The zero-order valence-electron chi connectivity index (χ0n) is 15.2. The lowest BCUT2D eigenvalue weighted by atomic mass is 9.88. The molecule has 1 aliphatic carbocycles. The molecule has 1 aromatic carbocycles. The number of fused-ring (bicyclic) bond motifs is 1. The van der Waals surface area contributed by atoms with Crippen molar-refractivity contribution in [2.24, 2.45) is 11.8 Å². The van der Waals surface area contributed by atoms with Crippen molar-refractivity contribution in [1.29, 1.82) is 0 Å². The molecule has 1 saturated carbocycles. The van der Waals surface area contributed by atoms with Crippen LogP contribution in [0.3, 0.4) is 0 Å². The van der Waals surface area contributed by atoms with E-state index in [-0.39, 0.29) is 17.6 Å². The Morgan fingerprint density at radius 3 is 2.38 bits per heavy atom. The number of hydrogen-bond donors (Lipinski definition) is 0. The number of nitrogens with zero attached hydrogens (tertiary/aromatic N) is 1. The lowest BCUT2D eigenvalue weighted by molar-refractivity contribution is -0.133. The van der Waals surface area contributed by atoms with E-state index in [1.807, 2.05) is 17.0 Å². The average molecular weight is 357 g/mol. The molecule has 2 aliphatic heterocycles. The van der Waals surface area contributed by atoms with Gasteiger partial charge in [-0.25, -0.2) is 0 Å².